The number of benzene rings is 1. The topological polar surface area (TPSA) is 47.0 Å². The molecule has 2 saturated heterocycles. The molecule has 1 unspecified atom stereocenters. The summed E-state index contributed by atoms with van der Waals surface area (Å²) in [6, 6.07) is 15.1. The molecule has 0 saturated carbocycles. The third-order valence-corrected chi connectivity index (χ3v) is 6.16. The number of nitrogens with zero attached hydrogens (tertiary/aromatic N) is 5. The lowest BCUT2D eigenvalue weighted by atomic mass is 9.99. The summed E-state index contributed by atoms with van der Waals surface area (Å²) < 4.78 is 0. The Hall–Kier alpha value is -1.87. The SMILES string of the molecule is CCNC(=NCc1cccnc1N1CCN(C)CC1)N1CCC(c2ccccc2)C1.I. The Morgan fingerprint density at radius 1 is 1.06 bits per heavy atom. The van der Waals surface area contributed by atoms with Crippen LogP contribution in [-0.2, 0) is 6.54 Å². The monoisotopic (exact) mass is 534 g/mol. The third-order valence-electron chi connectivity index (χ3n) is 6.16. The highest BCUT2D eigenvalue weighted by atomic mass is 127. The maximum absolute atomic E-state index is 5.02. The summed E-state index contributed by atoms with van der Waals surface area (Å²) in [5.74, 6) is 2.69. The Labute approximate surface area is 203 Å². The van der Waals surface area contributed by atoms with Gasteiger partial charge in [-0.05, 0) is 32.0 Å². The van der Waals surface area contributed by atoms with Crippen molar-refractivity contribution >= 4 is 35.8 Å². The number of hydrogen-bond acceptors (Lipinski definition) is 4. The zero-order chi connectivity index (χ0) is 20.8. The van der Waals surface area contributed by atoms with Crippen molar-refractivity contribution in [3.8, 4) is 0 Å². The van der Waals surface area contributed by atoms with Gasteiger partial charge >= 0.3 is 0 Å². The van der Waals surface area contributed by atoms with Crippen molar-refractivity contribution in [3.05, 3.63) is 59.8 Å². The van der Waals surface area contributed by atoms with Gasteiger partial charge in [-0.3, -0.25) is 0 Å². The number of aromatic nitrogens is 1. The van der Waals surface area contributed by atoms with Gasteiger partial charge in [0.2, 0.25) is 0 Å². The second kappa shape index (κ2) is 11.7. The highest BCUT2D eigenvalue weighted by Crippen LogP contribution is 2.27. The molecule has 1 N–H and O–H groups in total. The molecule has 0 radical (unpaired) electrons. The van der Waals surface area contributed by atoms with Crippen molar-refractivity contribution in [2.45, 2.75) is 25.8 Å². The molecular formula is C24H35IN6. The second-order valence-corrected chi connectivity index (χ2v) is 8.29. The Balaban J connectivity index is 0.00000272. The Bertz CT molecular complexity index is 835. The minimum Gasteiger partial charge on any atom is -0.357 e. The average molecular weight is 534 g/mol. The van der Waals surface area contributed by atoms with Crippen LogP contribution in [0.5, 0.6) is 0 Å². The Morgan fingerprint density at radius 2 is 1.84 bits per heavy atom. The van der Waals surface area contributed by atoms with Gasteiger partial charge in [-0.2, -0.15) is 0 Å². The van der Waals surface area contributed by atoms with E-state index in [0.29, 0.717) is 12.5 Å². The van der Waals surface area contributed by atoms with E-state index in [1.54, 1.807) is 0 Å². The summed E-state index contributed by atoms with van der Waals surface area (Å²) in [5.41, 5.74) is 2.64. The van der Waals surface area contributed by atoms with E-state index >= 15 is 0 Å². The van der Waals surface area contributed by atoms with E-state index in [9.17, 15) is 0 Å². The maximum Gasteiger partial charge on any atom is 0.194 e. The smallest absolute Gasteiger partial charge is 0.194 e. The highest BCUT2D eigenvalue weighted by Gasteiger charge is 2.26. The van der Waals surface area contributed by atoms with Crippen molar-refractivity contribution in [1.82, 2.24) is 20.1 Å². The molecule has 0 spiro atoms. The van der Waals surface area contributed by atoms with Crippen LogP contribution < -0.4 is 10.2 Å². The van der Waals surface area contributed by atoms with Crippen LogP contribution >= 0.6 is 24.0 Å². The summed E-state index contributed by atoms with van der Waals surface area (Å²) in [7, 11) is 2.18. The maximum atomic E-state index is 5.02. The molecule has 6 nitrogen and oxygen atoms in total. The van der Waals surface area contributed by atoms with Crippen LogP contribution in [0, 0.1) is 0 Å². The number of rotatable bonds is 5. The second-order valence-electron chi connectivity index (χ2n) is 8.29. The first kappa shape index (κ1) is 23.8. The largest absolute Gasteiger partial charge is 0.357 e. The van der Waals surface area contributed by atoms with Crippen LogP contribution in [0.25, 0.3) is 0 Å². The first-order valence-electron chi connectivity index (χ1n) is 11.2. The highest BCUT2D eigenvalue weighted by molar-refractivity contribution is 14.0. The molecule has 0 aliphatic carbocycles. The summed E-state index contributed by atoms with van der Waals surface area (Å²) in [4.78, 5) is 16.9. The van der Waals surface area contributed by atoms with Gasteiger partial charge in [0.15, 0.2) is 5.96 Å². The number of hydrogen-bond donors (Lipinski definition) is 1. The fourth-order valence-corrected chi connectivity index (χ4v) is 4.39. The van der Waals surface area contributed by atoms with Gasteiger partial charge in [0.1, 0.15) is 5.82 Å². The average Bonchev–Trinajstić information content (AvgIpc) is 3.28. The van der Waals surface area contributed by atoms with Crippen molar-refractivity contribution in [3.63, 3.8) is 0 Å². The predicted octanol–water partition coefficient (Wildman–Crippen LogP) is 3.41. The number of likely N-dealkylation sites (tertiary alicyclic amines) is 1. The third kappa shape index (κ3) is 6.10. The van der Waals surface area contributed by atoms with Crippen molar-refractivity contribution < 1.29 is 0 Å². The quantitative estimate of drug-likeness (QED) is 0.362. The standard InChI is InChI=1S/C24H34N6.HI/c1-3-25-24(30-13-11-22(19-30)20-8-5-4-6-9-20)27-18-21-10-7-12-26-23(21)29-16-14-28(2)15-17-29;/h4-10,12,22H,3,11,13-19H2,1-2H3,(H,25,27);1H. The molecular weight excluding hydrogens is 499 g/mol. The van der Waals surface area contributed by atoms with Gasteiger partial charge in [-0.1, -0.05) is 36.4 Å². The molecule has 0 bridgehead atoms. The van der Waals surface area contributed by atoms with Crippen LogP contribution in [0.1, 0.15) is 30.4 Å². The van der Waals surface area contributed by atoms with Crippen molar-refractivity contribution in [2.75, 3.05) is 57.8 Å². The van der Waals surface area contributed by atoms with Crippen LogP contribution in [0.3, 0.4) is 0 Å². The fourth-order valence-electron chi connectivity index (χ4n) is 4.39. The lowest BCUT2D eigenvalue weighted by Crippen LogP contribution is -2.45. The summed E-state index contributed by atoms with van der Waals surface area (Å²) in [5, 5.41) is 3.51. The summed E-state index contributed by atoms with van der Waals surface area (Å²) >= 11 is 0. The zero-order valence-electron chi connectivity index (χ0n) is 18.7. The molecule has 1 aromatic heterocycles. The van der Waals surface area contributed by atoms with E-state index in [2.05, 4.69) is 70.4 Å². The van der Waals surface area contributed by atoms with Crippen LogP contribution in [0.4, 0.5) is 5.82 Å². The van der Waals surface area contributed by atoms with Gasteiger partial charge < -0.3 is 20.0 Å². The first-order valence-corrected chi connectivity index (χ1v) is 11.2. The normalized spacial score (nSPS) is 19.9. The van der Waals surface area contributed by atoms with Crippen molar-refractivity contribution in [2.24, 2.45) is 4.99 Å². The molecule has 4 rings (SSSR count). The fraction of sp³-hybridized carbons (Fsp3) is 0.500. The van der Waals surface area contributed by atoms with Gasteiger partial charge in [0.25, 0.3) is 0 Å². The van der Waals surface area contributed by atoms with E-state index in [1.165, 1.54) is 17.5 Å². The first-order chi connectivity index (χ1) is 14.7. The molecule has 2 aliphatic rings. The molecule has 31 heavy (non-hydrogen) atoms. The van der Waals surface area contributed by atoms with Gasteiger partial charge in [0, 0.05) is 63.5 Å². The Morgan fingerprint density at radius 3 is 2.58 bits per heavy atom. The number of guanidine groups is 1. The predicted molar refractivity (Wildman–Crippen MR) is 140 cm³/mol. The molecule has 2 aliphatic heterocycles. The number of halogens is 1. The van der Waals surface area contributed by atoms with Gasteiger partial charge in [0.05, 0.1) is 6.54 Å². The van der Waals surface area contributed by atoms with E-state index in [-0.39, 0.29) is 24.0 Å². The molecule has 3 heterocycles. The lowest BCUT2D eigenvalue weighted by Gasteiger charge is -2.34. The van der Waals surface area contributed by atoms with Gasteiger partial charge in [-0.15, -0.1) is 24.0 Å². The van der Waals surface area contributed by atoms with E-state index in [4.69, 9.17) is 9.98 Å². The van der Waals surface area contributed by atoms with E-state index < -0.39 is 0 Å². The lowest BCUT2D eigenvalue weighted by molar-refractivity contribution is 0.312. The molecule has 7 heteroatoms. The van der Waals surface area contributed by atoms with Crippen LogP contribution in [0.2, 0.25) is 0 Å². The number of likely N-dealkylation sites (N-methyl/N-ethyl adjacent to an activating group) is 1. The number of anilines is 1. The summed E-state index contributed by atoms with van der Waals surface area (Å²) in [6.07, 6.45) is 3.07. The number of piperazine rings is 1. The van der Waals surface area contributed by atoms with Crippen LogP contribution in [-0.4, -0.2) is 73.6 Å². The number of nitrogens with one attached hydrogen (secondary N) is 1. The minimum atomic E-state index is 0. The minimum absolute atomic E-state index is 0. The summed E-state index contributed by atoms with van der Waals surface area (Å²) in [6.45, 7) is 9.95. The van der Waals surface area contributed by atoms with E-state index in [1.807, 2.05) is 12.3 Å². The molecule has 1 aromatic carbocycles. The number of pyridine rings is 1. The molecule has 2 fully saturated rings. The van der Waals surface area contributed by atoms with Gasteiger partial charge in [-0.25, -0.2) is 9.98 Å². The molecule has 0 amide bonds. The van der Waals surface area contributed by atoms with Crippen LogP contribution in [0.15, 0.2) is 53.7 Å². The molecule has 2 aromatic rings. The molecule has 168 valence electrons. The van der Waals surface area contributed by atoms with Crippen molar-refractivity contribution in [1.29, 1.82) is 0 Å². The number of aliphatic imine (C=N–C) groups is 1. The molecule has 1 atom stereocenters. The Kier molecular flexibility index (Phi) is 8.95. The van der Waals surface area contributed by atoms with E-state index in [0.717, 1.165) is 57.6 Å². The zero-order valence-corrected chi connectivity index (χ0v) is 21.0.